The average Bonchev–Trinajstić information content (AvgIpc) is 2.38. The Hall–Kier alpha value is -0.530. The highest BCUT2D eigenvalue weighted by molar-refractivity contribution is 8.00. The Balaban J connectivity index is 4.31. The van der Waals surface area contributed by atoms with Gasteiger partial charge >= 0.3 is 18.1 Å². The fourth-order valence-electron chi connectivity index (χ4n) is 1.84. The van der Waals surface area contributed by atoms with E-state index in [-0.39, 0.29) is 18.8 Å². The molecule has 0 saturated heterocycles. The number of carbonyl (C=O) groups excluding carboxylic acids is 1. The van der Waals surface area contributed by atoms with Gasteiger partial charge in [-0.25, -0.2) is 0 Å². The van der Waals surface area contributed by atoms with Gasteiger partial charge < -0.3 is 4.74 Å². The van der Waals surface area contributed by atoms with Crippen molar-refractivity contribution < 1.29 is 31.5 Å². The Kier molecular flexibility index (Phi) is 9.61. The molecule has 1 unspecified atom stereocenters. The van der Waals surface area contributed by atoms with E-state index in [0.717, 1.165) is 12.8 Å². The van der Waals surface area contributed by atoms with Crippen molar-refractivity contribution in [3.8, 4) is 0 Å². The molecule has 0 aliphatic rings. The summed E-state index contributed by atoms with van der Waals surface area (Å²) in [4.78, 5) is 12.1. The maximum absolute atomic E-state index is 12.8. The Morgan fingerprint density at radius 2 is 1.62 bits per heavy atom. The first-order valence-corrected chi connectivity index (χ1v) is 9.14. The molecule has 0 fully saturated rings. The number of hydrogen-bond donors (Lipinski definition) is 0. The van der Waals surface area contributed by atoms with Gasteiger partial charge in [0.2, 0.25) is 0 Å². The fraction of sp³-hybridized carbons (Fsp3) is 0.938. The molecule has 0 aliphatic heterocycles. The van der Waals surface area contributed by atoms with Crippen LogP contribution in [0.5, 0.6) is 0 Å². The predicted molar refractivity (Wildman–Crippen MR) is 86.5 cm³/mol. The second-order valence-electron chi connectivity index (χ2n) is 6.69. The molecule has 0 heterocycles. The summed E-state index contributed by atoms with van der Waals surface area (Å²) in [5.41, 5.74) is -0.614. The zero-order chi connectivity index (χ0) is 19.0. The molecule has 0 spiro atoms. The summed E-state index contributed by atoms with van der Waals surface area (Å²) in [6, 6.07) is 0. The zero-order valence-corrected chi connectivity index (χ0v) is 15.5. The van der Waals surface area contributed by atoms with E-state index in [2.05, 4.69) is 0 Å². The Morgan fingerprint density at radius 1 is 1.04 bits per heavy atom. The molecule has 0 rings (SSSR count). The highest BCUT2D eigenvalue weighted by Crippen LogP contribution is 2.39. The molecule has 0 aromatic rings. The van der Waals surface area contributed by atoms with E-state index in [1.54, 1.807) is 20.8 Å². The third kappa shape index (κ3) is 9.69. The average molecular weight is 378 g/mol. The largest absolute Gasteiger partial charge is 0.459 e. The van der Waals surface area contributed by atoms with Crippen LogP contribution in [0.25, 0.3) is 0 Å². The van der Waals surface area contributed by atoms with Crippen molar-refractivity contribution in [2.75, 3.05) is 5.75 Å². The van der Waals surface area contributed by atoms with Crippen LogP contribution in [0.15, 0.2) is 0 Å². The van der Waals surface area contributed by atoms with Crippen LogP contribution in [0.1, 0.15) is 66.2 Å². The number of halogens is 5. The van der Waals surface area contributed by atoms with E-state index in [0.29, 0.717) is 12.2 Å². The number of ether oxygens (including phenoxy) is 1. The van der Waals surface area contributed by atoms with Gasteiger partial charge in [0.05, 0.1) is 0 Å². The number of rotatable bonds is 10. The lowest BCUT2D eigenvalue weighted by atomic mass is 10.1. The monoisotopic (exact) mass is 378 g/mol. The first kappa shape index (κ1) is 23.5. The van der Waals surface area contributed by atoms with Crippen LogP contribution in [0.3, 0.4) is 0 Å². The van der Waals surface area contributed by atoms with Gasteiger partial charge in [-0.3, -0.25) is 4.79 Å². The SMILES string of the molecule is CCCCC(SCCCCC(F)(F)C(F)(F)F)C(=O)OC(C)(C)C. The third-order valence-electron chi connectivity index (χ3n) is 3.11. The third-order valence-corrected chi connectivity index (χ3v) is 4.46. The number of thioether (sulfide) groups is 1. The molecule has 0 radical (unpaired) electrons. The summed E-state index contributed by atoms with van der Waals surface area (Å²) >= 11 is 1.27. The Morgan fingerprint density at radius 3 is 2.08 bits per heavy atom. The summed E-state index contributed by atoms with van der Waals surface area (Å²) in [6.07, 6.45) is -4.44. The second-order valence-corrected chi connectivity index (χ2v) is 8.01. The quantitative estimate of drug-likeness (QED) is 0.265. The van der Waals surface area contributed by atoms with Crippen molar-refractivity contribution in [3.63, 3.8) is 0 Å². The first-order chi connectivity index (χ1) is 10.8. The fourth-order valence-corrected chi connectivity index (χ4v) is 3.02. The van der Waals surface area contributed by atoms with Crippen LogP contribution >= 0.6 is 11.8 Å². The van der Waals surface area contributed by atoms with Crippen molar-refractivity contribution in [2.45, 2.75) is 89.2 Å². The highest BCUT2D eigenvalue weighted by Gasteiger charge is 2.56. The molecule has 1 atom stereocenters. The first-order valence-electron chi connectivity index (χ1n) is 8.09. The number of carbonyl (C=O) groups is 1. The van der Waals surface area contributed by atoms with Gasteiger partial charge in [-0.2, -0.15) is 22.0 Å². The van der Waals surface area contributed by atoms with Gasteiger partial charge in [0.15, 0.2) is 0 Å². The minimum Gasteiger partial charge on any atom is -0.459 e. The summed E-state index contributed by atoms with van der Waals surface area (Å²) in [7, 11) is 0. The summed E-state index contributed by atoms with van der Waals surface area (Å²) < 4.78 is 67.1. The zero-order valence-electron chi connectivity index (χ0n) is 14.6. The molecule has 144 valence electrons. The molecule has 0 aromatic heterocycles. The van der Waals surface area contributed by atoms with E-state index in [1.165, 1.54) is 11.8 Å². The summed E-state index contributed by atoms with van der Waals surface area (Å²) in [5, 5.41) is -0.410. The molecule has 0 amide bonds. The number of hydrogen-bond acceptors (Lipinski definition) is 3. The van der Waals surface area contributed by atoms with Crippen molar-refractivity contribution >= 4 is 17.7 Å². The molecule has 0 saturated carbocycles. The van der Waals surface area contributed by atoms with E-state index in [4.69, 9.17) is 4.74 Å². The van der Waals surface area contributed by atoms with Crippen molar-refractivity contribution in [1.29, 1.82) is 0 Å². The Labute approximate surface area is 144 Å². The summed E-state index contributed by atoms with van der Waals surface area (Å²) in [6.45, 7) is 7.25. The Bertz CT molecular complexity index is 378. The van der Waals surface area contributed by atoms with Crippen molar-refractivity contribution in [2.24, 2.45) is 0 Å². The molecule has 0 aliphatic carbocycles. The van der Waals surface area contributed by atoms with Crippen LogP contribution < -0.4 is 0 Å². The van der Waals surface area contributed by atoms with Gasteiger partial charge in [0.1, 0.15) is 10.9 Å². The smallest absolute Gasteiger partial charge is 0.453 e. The van der Waals surface area contributed by atoms with Crippen LogP contribution in [0, 0.1) is 0 Å². The molecular formula is C16H27F5O2S. The normalized spacial score (nSPS) is 14.5. The molecule has 0 bridgehead atoms. The lowest BCUT2D eigenvalue weighted by molar-refractivity contribution is -0.284. The van der Waals surface area contributed by atoms with Gasteiger partial charge in [-0.1, -0.05) is 19.8 Å². The van der Waals surface area contributed by atoms with Gasteiger partial charge in [-0.05, 0) is 45.8 Å². The number of unbranched alkanes of at least 4 members (excludes halogenated alkanes) is 2. The highest BCUT2D eigenvalue weighted by atomic mass is 32.2. The molecule has 0 N–H and O–H groups in total. The topological polar surface area (TPSA) is 26.3 Å². The predicted octanol–water partition coefficient (Wildman–Crippen LogP) is 5.99. The van der Waals surface area contributed by atoms with Crippen LogP contribution in [0.2, 0.25) is 0 Å². The van der Waals surface area contributed by atoms with Crippen LogP contribution in [-0.4, -0.2) is 34.7 Å². The van der Waals surface area contributed by atoms with Gasteiger partial charge in [-0.15, -0.1) is 11.8 Å². The van der Waals surface area contributed by atoms with Crippen LogP contribution in [-0.2, 0) is 9.53 Å². The molecular weight excluding hydrogens is 351 g/mol. The molecule has 2 nitrogen and oxygen atoms in total. The summed E-state index contributed by atoms with van der Waals surface area (Å²) in [5.74, 6) is -4.66. The molecule has 24 heavy (non-hydrogen) atoms. The molecule has 0 aromatic carbocycles. The standard InChI is InChI=1S/C16H27F5O2S/c1-5-6-9-12(13(22)23-14(2,3)4)24-11-8-7-10-15(17,18)16(19,20)21/h12H,5-11H2,1-4H3. The van der Waals surface area contributed by atoms with Crippen molar-refractivity contribution in [3.05, 3.63) is 0 Å². The van der Waals surface area contributed by atoms with E-state index in [1.807, 2.05) is 6.92 Å². The number of esters is 1. The maximum Gasteiger partial charge on any atom is 0.453 e. The maximum atomic E-state index is 12.8. The van der Waals surface area contributed by atoms with Gasteiger partial charge in [0.25, 0.3) is 0 Å². The molecule has 8 heteroatoms. The van der Waals surface area contributed by atoms with E-state index >= 15 is 0 Å². The minimum absolute atomic E-state index is 0.196. The van der Waals surface area contributed by atoms with E-state index < -0.39 is 29.4 Å². The van der Waals surface area contributed by atoms with Crippen LogP contribution in [0.4, 0.5) is 22.0 Å². The number of alkyl halides is 5. The minimum atomic E-state index is -5.50. The van der Waals surface area contributed by atoms with E-state index in [9.17, 15) is 26.7 Å². The van der Waals surface area contributed by atoms with Gasteiger partial charge in [0, 0.05) is 6.42 Å². The van der Waals surface area contributed by atoms with Crippen molar-refractivity contribution in [1.82, 2.24) is 0 Å². The second kappa shape index (κ2) is 9.82. The lowest BCUT2D eigenvalue weighted by Crippen LogP contribution is -2.36. The lowest BCUT2D eigenvalue weighted by Gasteiger charge is -2.24.